The van der Waals surface area contributed by atoms with E-state index in [2.05, 4.69) is 16.3 Å². The summed E-state index contributed by atoms with van der Waals surface area (Å²) in [6.07, 6.45) is 0.727. The van der Waals surface area contributed by atoms with Crippen LogP contribution in [0.2, 0.25) is 0 Å². The first-order valence-corrected chi connectivity index (χ1v) is 11.3. The van der Waals surface area contributed by atoms with Crippen molar-refractivity contribution in [3.05, 3.63) is 81.3 Å². The molecular weight excluding hydrogens is 419 g/mol. The lowest BCUT2D eigenvalue weighted by Gasteiger charge is -2.10. The number of ketones is 1. The average Bonchev–Trinajstić information content (AvgIpc) is 3.42. The van der Waals surface area contributed by atoms with Gasteiger partial charge < -0.3 is 9.13 Å². The van der Waals surface area contributed by atoms with E-state index in [0.29, 0.717) is 16.4 Å². The molecule has 0 aliphatic rings. The van der Waals surface area contributed by atoms with Crippen LogP contribution in [0, 0.1) is 19.7 Å². The highest BCUT2D eigenvalue weighted by Crippen LogP contribution is 2.25. The minimum Gasteiger partial charge on any atom is -0.318 e. The molecule has 1 aromatic carbocycles. The molecule has 4 aromatic rings. The van der Waals surface area contributed by atoms with Crippen molar-refractivity contribution in [1.29, 1.82) is 0 Å². The van der Waals surface area contributed by atoms with Crippen LogP contribution >= 0.6 is 23.1 Å². The Balaban J connectivity index is 1.49. The van der Waals surface area contributed by atoms with Crippen molar-refractivity contribution in [2.24, 2.45) is 7.05 Å². The molecule has 0 bridgehead atoms. The van der Waals surface area contributed by atoms with Crippen LogP contribution in [0.25, 0.3) is 5.69 Å². The molecule has 3 aromatic heterocycles. The number of thioether (sulfide) groups is 1. The van der Waals surface area contributed by atoms with Crippen molar-refractivity contribution >= 4 is 28.9 Å². The van der Waals surface area contributed by atoms with Gasteiger partial charge in [0.2, 0.25) is 0 Å². The zero-order valence-corrected chi connectivity index (χ0v) is 18.6. The third-order valence-corrected chi connectivity index (χ3v) is 6.86. The largest absolute Gasteiger partial charge is 0.318 e. The molecule has 0 spiro atoms. The Morgan fingerprint density at radius 1 is 1.17 bits per heavy atom. The number of carbonyl (C=O) groups excluding carboxylic acids is 1. The van der Waals surface area contributed by atoms with Crippen molar-refractivity contribution in [3.63, 3.8) is 0 Å². The Labute approximate surface area is 182 Å². The fourth-order valence-electron chi connectivity index (χ4n) is 3.46. The van der Waals surface area contributed by atoms with Gasteiger partial charge in [0.05, 0.1) is 5.75 Å². The second-order valence-electron chi connectivity index (χ2n) is 7.03. The molecule has 0 saturated heterocycles. The van der Waals surface area contributed by atoms with Crippen molar-refractivity contribution in [2.45, 2.75) is 25.4 Å². The Kier molecular flexibility index (Phi) is 5.87. The number of hydrogen-bond acceptors (Lipinski definition) is 5. The number of nitrogens with zero attached hydrogens (tertiary/aromatic N) is 4. The molecule has 0 N–H and O–H groups in total. The van der Waals surface area contributed by atoms with E-state index in [4.69, 9.17) is 0 Å². The lowest BCUT2D eigenvalue weighted by molar-refractivity contribution is 0.102. The van der Waals surface area contributed by atoms with Gasteiger partial charge in [-0.05, 0) is 49.6 Å². The molecule has 0 fully saturated rings. The summed E-state index contributed by atoms with van der Waals surface area (Å²) in [7, 11) is 1.92. The van der Waals surface area contributed by atoms with E-state index in [-0.39, 0.29) is 17.4 Å². The Hall–Kier alpha value is -2.71. The van der Waals surface area contributed by atoms with E-state index >= 15 is 0 Å². The molecule has 0 radical (unpaired) electrons. The van der Waals surface area contributed by atoms with Crippen molar-refractivity contribution in [2.75, 3.05) is 5.75 Å². The maximum absolute atomic E-state index is 13.7. The zero-order valence-electron chi connectivity index (χ0n) is 16.9. The van der Waals surface area contributed by atoms with Gasteiger partial charge in [0, 0.05) is 41.0 Å². The highest BCUT2D eigenvalue weighted by molar-refractivity contribution is 7.99. The third kappa shape index (κ3) is 4.11. The van der Waals surface area contributed by atoms with Gasteiger partial charge in [0.1, 0.15) is 11.6 Å². The van der Waals surface area contributed by atoms with Gasteiger partial charge in [0.25, 0.3) is 0 Å². The number of benzene rings is 1. The molecule has 5 nitrogen and oxygen atoms in total. The first-order chi connectivity index (χ1) is 14.4. The van der Waals surface area contributed by atoms with Gasteiger partial charge in [-0.25, -0.2) is 4.39 Å². The number of carbonyl (C=O) groups is 1. The maximum atomic E-state index is 13.7. The van der Waals surface area contributed by atoms with Gasteiger partial charge in [-0.2, -0.15) is 0 Å². The number of aromatic nitrogens is 4. The van der Waals surface area contributed by atoms with Crippen LogP contribution in [0.15, 0.2) is 53.0 Å². The maximum Gasteiger partial charge on any atom is 0.191 e. The van der Waals surface area contributed by atoms with Gasteiger partial charge in [-0.15, -0.1) is 21.5 Å². The van der Waals surface area contributed by atoms with Crippen LogP contribution in [0.1, 0.15) is 32.4 Å². The second-order valence-corrected chi connectivity index (χ2v) is 9.00. The van der Waals surface area contributed by atoms with Gasteiger partial charge in [-0.3, -0.25) is 4.79 Å². The van der Waals surface area contributed by atoms with Gasteiger partial charge in [0.15, 0.2) is 10.9 Å². The summed E-state index contributed by atoms with van der Waals surface area (Å²) in [5, 5.41) is 11.3. The van der Waals surface area contributed by atoms with E-state index in [1.165, 1.54) is 28.8 Å². The van der Waals surface area contributed by atoms with E-state index in [0.717, 1.165) is 23.6 Å². The summed E-state index contributed by atoms with van der Waals surface area (Å²) in [6, 6.07) is 12.3. The van der Waals surface area contributed by atoms with Crippen LogP contribution in [-0.2, 0) is 13.5 Å². The summed E-state index contributed by atoms with van der Waals surface area (Å²) >= 11 is 3.07. The predicted octanol–water partition coefficient (Wildman–Crippen LogP) is 4.99. The molecule has 0 aliphatic heterocycles. The molecule has 8 heteroatoms. The summed E-state index contributed by atoms with van der Waals surface area (Å²) in [6.45, 7) is 3.80. The predicted molar refractivity (Wildman–Crippen MR) is 118 cm³/mol. The summed E-state index contributed by atoms with van der Waals surface area (Å²) < 4.78 is 17.5. The van der Waals surface area contributed by atoms with E-state index in [1.807, 2.05) is 53.6 Å². The zero-order chi connectivity index (χ0) is 21.3. The Morgan fingerprint density at radius 3 is 2.73 bits per heavy atom. The Morgan fingerprint density at radius 2 is 2.00 bits per heavy atom. The van der Waals surface area contributed by atoms with E-state index in [9.17, 15) is 9.18 Å². The van der Waals surface area contributed by atoms with E-state index < -0.39 is 0 Å². The van der Waals surface area contributed by atoms with Crippen LogP contribution in [0.5, 0.6) is 0 Å². The van der Waals surface area contributed by atoms with Crippen LogP contribution in [-0.4, -0.2) is 30.9 Å². The molecule has 154 valence electrons. The summed E-state index contributed by atoms with van der Waals surface area (Å²) in [4.78, 5) is 14.1. The molecule has 0 amide bonds. The first kappa shape index (κ1) is 20.6. The van der Waals surface area contributed by atoms with Crippen LogP contribution in [0.4, 0.5) is 4.39 Å². The first-order valence-electron chi connectivity index (χ1n) is 9.45. The molecule has 30 heavy (non-hydrogen) atoms. The standard InChI is InChI=1S/C22H21FN4OS2/c1-14-10-19(15(2)27(14)17-7-4-6-16(23)11-17)20(28)13-30-22-25-24-21(26(22)3)12-18-8-5-9-29-18/h4-11H,12-13H2,1-3H3. The highest BCUT2D eigenvalue weighted by Gasteiger charge is 2.19. The van der Waals surface area contributed by atoms with Crippen molar-refractivity contribution in [1.82, 2.24) is 19.3 Å². The Bertz CT molecular complexity index is 1190. The normalized spacial score (nSPS) is 11.2. The number of rotatable bonds is 7. The smallest absolute Gasteiger partial charge is 0.191 e. The fourth-order valence-corrected chi connectivity index (χ4v) is 4.97. The van der Waals surface area contributed by atoms with Crippen LogP contribution in [0.3, 0.4) is 0 Å². The molecule has 0 atom stereocenters. The highest BCUT2D eigenvalue weighted by atomic mass is 32.2. The minimum atomic E-state index is -0.302. The lowest BCUT2D eigenvalue weighted by Crippen LogP contribution is -2.07. The summed E-state index contributed by atoms with van der Waals surface area (Å²) in [5.41, 5.74) is 3.05. The van der Waals surface area contributed by atoms with Crippen LogP contribution < -0.4 is 0 Å². The second kappa shape index (κ2) is 8.57. The fraction of sp³-hybridized carbons (Fsp3) is 0.227. The number of Topliss-reactive ketones (excluding diaryl/α,β-unsaturated/α-hetero) is 1. The number of thiophene rings is 1. The van der Waals surface area contributed by atoms with Gasteiger partial charge in [-0.1, -0.05) is 23.9 Å². The third-order valence-electron chi connectivity index (χ3n) is 4.97. The van der Waals surface area contributed by atoms with Crippen molar-refractivity contribution < 1.29 is 9.18 Å². The number of halogens is 1. The molecule has 0 unspecified atom stereocenters. The topological polar surface area (TPSA) is 52.7 Å². The summed E-state index contributed by atoms with van der Waals surface area (Å²) in [5.74, 6) is 0.845. The van der Waals surface area contributed by atoms with Gasteiger partial charge >= 0.3 is 0 Å². The molecule has 0 saturated carbocycles. The molecule has 0 aliphatic carbocycles. The van der Waals surface area contributed by atoms with E-state index in [1.54, 1.807) is 17.4 Å². The molecule has 3 heterocycles. The molecular formula is C22H21FN4OS2. The number of aryl methyl sites for hydroxylation is 1. The minimum absolute atomic E-state index is 0.0126. The van der Waals surface area contributed by atoms with Crippen molar-refractivity contribution in [3.8, 4) is 5.69 Å². The SMILES string of the molecule is Cc1cc(C(=O)CSc2nnc(Cc3cccs3)n2C)c(C)n1-c1cccc(F)c1. The lowest BCUT2D eigenvalue weighted by atomic mass is 10.2. The monoisotopic (exact) mass is 440 g/mol. The number of hydrogen-bond donors (Lipinski definition) is 0. The molecule has 4 rings (SSSR count). The quantitative estimate of drug-likeness (QED) is 0.300. The average molecular weight is 441 g/mol.